The van der Waals surface area contributed by atoms with Gasteiger partial charge in [-0.3, -0.25) is 5.10 Å². The van der Waals surface area contributed by atoms with Crippen LogP contribution in [0.25, 0.3) is 0 Å². The van der Waals surface area contributed by atoms with Crippen LogP contribution in [0.4, 0.5) is 0 Å². The van der Waals surface area contributed by atoms with Crippen LogP contribution in [-0.4, -0.2) is 26.8 Å². The first-order valence-corrected chi connectivity index (χ1v) is 4.04. The Morgan fingerprint density at radius 3 is 3.09 bits per heavy atom. The van der Waals surface area contributed by atoms with Gasteiger partial charge in [-0.2, -0.15) is 5.10 Å². The van der Waals surface area contributed by atoms with Crippen molar-refractivity contribution in [2.75, 3.05) is 6.54 Å². The number of thioether (sulfide) groups is 1. The summed E-state index contributed by atoms with van der Waals surface area (Å²) < 4.78 is 4.18. The molecule has 0 saturated carbocycles. The van der Waals surface area contributed by atoms with Crippen molar-refractivity contribution in [1.29, 1.82) is 0 Å². The quantitative estimate of drug-likeness (QED) is 0.574. The highest BCUT2D eigenvalue weighted by Crippen LogP contribution is 2.14. The zero-order valence-corrected chi connectivity index (χ0v) is 6.56. The van der Waals surface area contributed by atoms with E-state index in [9.17, 15) is 0 Å². The van der Waals surface area contributed by atoms with E-state index in [1.54, 1.807) is 18.0 Å². The summed E-state index contributed by atoms with van der Waals surface area (Å²) in [7, 11) is 0. The Morgan fingerprint density at radius 1 is 1.73 bits per heavy atom. The molecule has 1 aromatic rings. The van der Waals surface area contributed by atoms with Gasteiger partial charge >= 0.3 is 10.1 Å². The summed E-state index contributed by atoms with van der Waals surface area (Å²) in [6, 6.07) is 1.89. The maximum absolute atomic E-state index is 5.36. The number of rotatable bonds is 2. The van der Waals surface area contributed by atoms with Gasteiger partial charge in [0.05, 0.1) is 11.8 Å². The minimum Gasteiger partial charge on any atom is -0.320 e. The van der Waals surface area contributed by atoms with E-state index in [1.807, 2.05) is 6.07 Å². The Balaban J connectivity index is 2.30. The maximum atomic E-state index is 5.36. The van der Waals surface area contributed by atoms with Crippen molar-refractivity contribution in [2.24, 2.45) is 5.73 Å². The van der Waals surface area contributed by atoms with Gasteiger partial charge in [0.1, 0.15) is 6.54 Å². The molecule has 0 radical (unpaired) electrons. The molecule has 56 valence electrons. The van der Waals surface area contributed by atoms with Gasteiger partial charge in [0.2, 0.25) is 0 Å². The molecule has 3 N–H and O–H groups in total. The molecule has 2 heterocycles. The number of aromatic nitrogens is 2. The van der Waals surface area contributed by atoms with Gasteiger partial charge in [0, 0.05) is 6.20 Å². The molecular weight excluding hydrogens is 160 g/mol. The van der Waals surface area contributed by atoms with E-state index in [1.165, 1.54) is 0 Å². The van der Waals surface area contributed by atoms with Crippen LogP contribution >= 0.6 is 11.8 Å². The molecule has 5 heteroatoms. The van der Waals surface area contributed by atoms with Crippen LogP contribution in [0.1, 0.15) is 5.69 Å². The second kappa shape index (κ2) is 2.54. The summed E-state index contributed by atoms with van der Waals surface area (Å²) in [6.45, 7) is 0.530. The van der Waals surface area contributed by atoms with Gasteiger partial charge in [-0.05, 0) is 6.07 Å². The third-order valence-corrected chi connectivity index (χ3v) is 2.34. The predicted molar refractivity (Wildman–Crippen MR) is 46.5 cm³/mol. The van der Waals surface area contributed by atoms with Crippen LogP contribution in [0, 0.1) is 0 Å². The van der Waals surface area contributed by atoms with Crippen LogP contribution in [0.3, 0.4) is 0 Å². The third kappa shape index (κ3) is 1.09. The standard InChI is InChI=1S/C6H6N4S/c7-3-5-9-6(11-5)4-1-2-8-10-4/h1-2H,3,7H2/p+1. The summed E-state index contributed by atoms with van der Waals surface area (Å²) in [6.07, 6.45) is 1.71. The van der Waals surface area contributed by atoms with Crippen LogP contribution in [0.5, 0.6) is 0 Å². The fourth-order valence-corrected chi connectivity index (χ4v) is 1.50. The topological polar surface area (TPSA) is 68.8 Å². The molecule has 0 saturated heterocycles. The second-order valence-electron chi connectivity index (χ2n) is 2.09. The number of hydrogen-bond donors (Lipinski definition) is 2. The van der Waals surface area contributed by atoms with E-state index in [0.29, 0.717) is 6.54 Å². The molecule has 0 amide bonds. The molecule has 1 aliphatic heterocycles. The van der Waals surface area contributed by atoms with Crippen LogP contribution < -0.4 is 10.4 Å². The Kier molecular flexibility index (Phi) is 1.54. The Hall–Kier alpha value is -1.03. The number of nitrogens with one attached hydrogen (secondary N) is 1. The number of hydrogen-bond acceptors (Lipinski definition) is 3. The van der Waals surface area contributed by atoms with Gasteiger partial charge in [-0.25, -0.2) is 0 Å². The highest BCUT2D eigenvalue weighted by molar-refractivity contribution is 8.28. The SMILES string of the molecule is NCC1=[N+]=C(c2ccn[nH]2)S1. The molecular formula is C6H7N4S+. The lowest BCUT2D eigenvalue weighted by Crippen LogP contribution is -2.25. The largest absolute Gasteiger partial charge is 0.398 e. The first-order chi connectivity index (χ1) is 5.40. The predicted octanol–water partition coefficient (Wildman–Crippen LogP) is -0.672. The smallest absolute Gasteiger partial charge is 0.320 e. The molecule has 11 heavy (non-hydrogen) atoms. The zero-order valence-electron chi connectivity index (χ0n) is 5.74. The van der Waals surface area contributed by atoms with Crippen molar-refractivity contribution in [3.05, 3.63) is 18.0 Å². The lowest BCUT2D eigenvalue weighted by molar-refractivity contribution is 1.08. The minimum absolute atomic E-state index is 0.530. The number of nitrogens with two attached hydrogens (primary N) is 1. The molecule has 0 aliphatic carbocycles. The molecule has 0 aromatic carbocycles. The van der Waals surface area contributed by atoms with Crippen molar-refractivity contribution in [1.82, 2.24) is 14.9 Å². The molecule has 1 aromatic heterocycles. The summed E-state index contributed by atoms with van der Waals surface area (Å²) in [5.41, 5.74) is 6.32. The summed E-state index contributed by atoms with van der Waals surface area (Å²) in [5, 5.41) is 8.60. The van der Waals surface area contributed by atoms with E-state index < -0.39 is 0 Å². The van der Waals surface area contributed by atoms with Crippen molar-refractivity contribution >= 4 is 21.8 Å². The van der Waals surface area contributed by atoms with E-state index >= 15 is 0 Å². The monoisotopic (exact) mass is 167 g/mol. The zero-order chi connectivity index (χ0) is 7.68. The molecule has 4 nitrogen and oxygen atoms in total. The highest BCUT2D eigenvalue weighted by atomic mass is 32.2. The van der Waals surface area contributed by atoms with Gasteiger partial charge < -0.3 is 5.73 Å². The molecule has 0 spiro atoms. The Labute approximate surface area is 67.6 Å². The van der Waals surface area contributed by atoms with E-state index in [4.69, 9.17) is 5.73 Å². The summed E-state index contributed by atoms with van der Waals surface area (Å²) in [4.78, 5) is 0. The van der Waals surface area contributed by atoms with Gasteiger partial charge in [0.25, 0.3) is 0 Å². The molecule has 0 bridgehead atoms. The molecule has 1 aliphatic rings. The van der Waals surface area contributed by atoms with E-state index in [-0.39, 0.29) is 0 Å². The van der Waals surface area contributed by atoms with Gasteiger partial charge in [-0.1, -0.05) is 4.67 Å². The highest BCUT2D eigenvalue weighted by Gasteiger charge is 2.32. The lowest BCUT2D eigenvalue weighted by Gasteiger charge is -1.92. The number of H-pyrrole nitrogens is 1. The van der Waals surface area contributed by atoms with Gasteiger partial charge in [0.15, 0.2) is 5.69 Å². The van der Waals surface area contributed by atoms with Crippen LogP contribution in [0.2, 0.25) is 0 Å². The van der Waals surface area contributed by atoms with Crippen molar-refractivity contribution in [3.63, 3.8) is 0 Å². The fourth-order valence-electron chi connectivity index (χ4n) is 0.809. The van der Waals surface area contributed by atoms with Crippen LogP contribution in [-0.2, 0) is 0 Å². The maximum Gasteiger partial charge on any atom is 0.398 e. The number of nitrogens with zero attached hydrogens (tertiary/aromatic N) is 2. The van der Waals surface area contributed by atoms with Gasteiger partial charge in [-0.15, -0.1) is 0 Å². The second-order valence-corrected chi connectivity index (χ2v) is 3.15. The van der Waals surface area contributed by atoms with Crippen molar-refractivity contribution < 1.29 is 0 Å². The summed E-state index contributed by atoms with van der Waals surface area (Å²) >= 11 is 1.60. The van der Waals surface area contributed by atoms with Crippen molar-refractivity contribution in [2.45, 2.75) is 0 Å². The van der Waals surface area contributed by atoms with E-state index in [0.717, 1.165) is 15.8 Å². The molecule has 0 atom stereocenters. The minimum atomic E-state index is 0.530. The van der Waals surface area contributed by atoms with Crippen molar-refractivity contribution in [3.8, 4) is 0 Å². The summed E-state index contributed by atoms with van der Waals surface area (Å²) in [5.74, 6) is 0. The Bertz CT molecular complexity index is 320. The molecule has 2 rings (SSSR count). The normalized spacial score (nSPS) is 15.4. The van der Waals surface area contributed by atoms with E-state index in [2.05, 4.69) is 14.9 Å². The molecule has 0 unspecified atom stereocenters. The van der Waals surface area contributed by atoms with Crippen LogP contribution in [0.15, 0.2) is 12.3 Å². The first-order valence-electron chi connectivity index (χ1n) is 3.22. The third-order valence-electron chi connectivity index (χ3n) is 1.35. The Morgan fingerprint density at radius 2 is 2.55 bits per heavy atom. The lowest BCUT2D eigenvalue weighted by atomic mass is 10.5. The molecule has 0 fully saturated rings. The average Bonchev–Trinajstić information content (AvgIpc) is 2.37. The average molecular weight is 167 g/mol. The number of aromatic amines is 1. The first kappa shape index (κ1) is 6.67. The fraction of sp³-hybridized carbons (Fsp3) is 0.167.